The van der Waals surface area contributed by atoms with Crippen LogP contribution in [0.2, 0.25) is 0 Å². The number of rotatable bonds is 11. The molecule has 0 aromatic carbocycles. The van der Waals surface area contributed by atoms with Crippen LogP contribution in [0.15, 0.2) is 25.3 Å². The van der Waals surface area contributed by atoms with Gasteiger partial charge in [-0.15, -0.1) is 13.2 Å². The second kappa shape index (κ2) is 9.58. The van der Waals surface area contributed by atoms with E-state index in [1.54, 1.807) is 22.0 Å². The Kier molecular flexibility index (Phi) is 7.39. The number of fused-ring (bicyclic) bond motifs is 1. The van der Waals surface area contributed by atoms with Crippen molar-refractivity contribution < 1.29 is 24.2 Å². The van der Waals surface area contributed by atoms with Gasteiger partial charge >= 0.3 is 0 Å². The van der Waals surface area contributed by atoms with Crippen molar-refractivity contribution >= 4 is 17.7 Å². The Morgan fingerprint density at radius 1 is 1.24 bits per heavy atom. The minimum Gasteiger partial charge on any atom is -0.395 e. The second-order valence-corrected chi connectivity index (χ2v) is 9.93. The van der Waals surface area contributed by atoms with E-state index in [0.29, 0.717) is 32.5 Å². The van der Waals surface area contributed by atoms with E-state index in [9.17, 15) is 19.5 Å². The summed E-state index contributed by atoms with van der Waals surface area (Å²) >= 11 is 0. The molecule has 3 fully saturated rings. The molecule has 0 aromatic heterocycles. The van der Waals surface area contributed by atoms with Gasteiger partial charge in [-0.3, -0.25) is 14.4 Å². The van der Waals surface area contributed by atoms with Crippen LogP contribution in [0.4, 0.5) is 0 Å². The van der Waals surface area contributed by atoms with E-state index in [4.69, 9.17) is 4.74 Å². The van der Waals surface area contributed by atoms with Crippen LogP contribution >= 0.6 is 0 Å². The Morgan fingerprint density at radius 2 is 1.91 bits per heavy atom. The van der Waals surface area contributed by atoms with Gasteiger partial charge < -0.3 is 24.5 Å². The third-order valence-electron chi connectivity index (χ3n) is 7.50. The number of ether oxygens (including phenoxy) is 1. The Labute approximate surface area is 197 Å². The van der Waals surface area contributed by atoms with Crippen LogP contribution in [-0.2, 0) is 19.1 Å². The van der Waals surface area contributed by atoms with E-state index in [0.717, 1.165) is 6.42 Å². The third kappa shape index (κ3) is 3.91. The van der Waals surface area contributed by atoms with Crippen molar-refractivity contribution in [3.63, 3.8) is 0 Å². The molecule has 5 atom stereocenters. The van der Waals surface area contributed by atoms with Crippen LogP contribution in [0.3, 0.4) is 0 Å². The van der Waals surface area contributed by atoms with Crippen molar-refractivity contribution in [3.8, 4) is 0 Å². The average Bonchev–Trinajstić information content (AvgIpc) is 3.32. The first-order valence-electron chi connectivity index (χ1n) is 12.1. The molecule has 3 amide bonds. The molecule has 1 N–H and O–H groups in total. The zero-order valence-electron chi connectivity index (χ0n) is 20.5. The highest BCUT2D eigenvalue weighted by molar-refractivity contribution is 5.99. The quantitative estimate of drug-likeness (QED) is 0.472. The van der Waals surface area contributed by atoms with Crippen LogP contribution in [0.25, 0.3) is 0 Å². The smallest absolute Gasteiger partial charge is 0.248 e. The van der Waals surface area contributed by atoms with Crippen LogP contribution in [0, 0.1) is 11.8 Å². The first kappa shape index (κ1) is 25.4. The van der Waals surface area contributed by atoms with Gasteiger partial charge in [0.1, 0.15) is 11.6 Å². The van der Waals surface area contributed by atoms with Crippen molar-refractivity contribution in [2.75, 3.05) is 32.8 Å². The lowest BCUT2D eigenvalue weighted by Gasteiger charge is -2.38. The fourth-order valence-corrected chi connectivity index (χ4v) is 6.19. The second-order valence-electron chi connectivity index (χ2n) is 9.93. The first-order chi connectivity index (χ1) is 15.6. The van der Waals surface area contributed by atoms with Gasteiger partial charge in [0, 0.05) is 32.2 Å². The molecular weight excluding hydrogens is 422 g/mol. The molecule has 0 aliphatic carbocycles. The molecule has 33 heavy (non-hydrogen) atoms. The fourth-order valence-electron chi connectivity index (χ4n) is 6.19. The molecule has 3 rings (SSSR count). The third-order valence-corrected chi connectivity index (χ3v) is 7.50. The lowest BCUT2D eigenvalue weighted by molar-refractivity contribution is -0.154. The predicted molar refractivity (Wildman–Crippen MR) is 125 cm³/mol. The van der Waals surface area contributed by atoms with Crippen molar-refractivity contribution in [2.24, 2.45) is 11.8 Å². The minimum absolute atomic E-state index is 0.0276. The molecule has 8 heteroatoms. The highest BCUT2D eigenvalue weighted by Gasteiger charge is 2.78. The molecule has 8 nitrogen and oxygen atoms in total. The van der Waals surface area contributed by atoms with E-state index in [1.807, 2.05) is 27.7 Å². The number of aliphatic hydroxyl groups is 1. The monoisotopic (exact) mass is 461 g/mol. The Bertz CT molecular complexity index is 814. The zero-order valence-corrected chi connectivity index (χ0v) is 20.5. The summed E-state index contributed by atoms with van der Waals surface area (Å²) in [4.78, 5) is 46.3. The number of likely N-dealkylation sites (tertiary alicyclic amines) is 1. The van der Waals surface area contributed by atoms with E-state index in [1.165, 1.54) is 4.90 Å². The highest BCUT2D eigenvalue weighted by atomic mass is 16.5. The Hall–Kier alpha value is -2.19. The van der Waals surface area contributed by atoms with Crippen molar-refractivity contribution in [1.82, 2.24) is 14.7 Å². The van der Waals surface area contributed by atoms with Gasteiger partial charge in [-0.25, -0.2) is 0 Å². The van der Waals surface area contributed by atoms with Gasteiger partial charge in [-0.05, 0) is 40.0 Å². The van der Waals surface area contributed by atoms with Crippen molar-refractivity contribution in [1.29, 1.82) is 0 Å². The Morgan fingerprint density at radius 3 is 2.45 bits per heavy atom. The van der Waals surface area contributed by atoms with Gasteiger partial charge in [0.2, 0.25) is 17.7 Å². The van der Waals surface area contributed by atoms with Crippen LogP contribution in [0.1, 0.15) is 47.0 Å². The number of hydrogen-bond donors (Lipinski definition) is 1. The van der Waals surface area contributed by atoms with Gasteiger partial charge in [0.15, 0.2) is 0 Å². The summed E-state index contributed by atoms with van der Waals surface area (Å²) in [6.45, 7) is 16.4. The summed E-state index contributed by atoms with van der Waals surface area (Å²) in [5, 5.41) is 9.72. The lowest BCUT2D eigenvalue weighted by Crippen LogP contribution is -2.57. The maximum absolute atomic E-state index is 13.9. The van der Waals surface area contributed by atoms with Crippen molar-refractivity contribution in [3.05, 3.63) is 25.3 Å². The molecule has 3 aliphatic heterocycles. The number of carbonyl (C=O) groups is 3. The highest BCUT2D eigenvalue weighted by Crippen LogP contribution is 2.63. The largest absolute Gasteiger partial charge is 0.395 e. The van der Waals surface area contributed by atoms with E-state index in [2.05, 4.69) is 13.2 Å². The molecule has 0 aromatic rings. The summed E-state index contributed by atoms with van der Waals surface area (Å²) in [5.41, 5.74) is -1.88. The number of carbonyl (C=O) groups excluding carboxylic acids is 3. The lowest BCUT2D eigenvalue weighted by atomic mass is 9.66. The molecular formula is C25H39N3O5. The SMILES string of the molecule is C=CCN(CCC)C(=O)[C@H]1[C@H]2C(=O)N(CCO)C(C(=O)N(CC=C)C(C)C)C23CC[C@]1(C)O3. The van der Waals surface area contributed by atoms with E-state index >= 15 is 0 Å². The number of hydrogen-bond acceptors (Lipinski definition) is 5. The van der Waals surface area contributed by atoms with Crippen LogP contribution in [0.5, 0.6) is 0 Å². The number of β-amino-alcohol motifs (C(OH)–C–C–N with tert-alkyl or cyclic N) is 1. The standard InChI is InChI=1S/C25H39N3O5/c1-7-12-26(13-8-2)21(30)18-19-22(31)28(15-16-29)20(23(32)27(14-9-3)17(4)5)25(19)11-10-24(18,6)33-25/h7,9,17-20,29H,1,3,8,10-16H2,2,4-6H3/t18-,19+,20?,24+,25?/m1/s1. The summed E-state index contributed by atoms with van der Waals surface area (Å²) in [7, 11) is 0. The summed E-state index contributed by atoms with van der Waals surface area (Å²) in [5.74, 6) is -2.03. The average molecular weight is 462 g/mol. The summed E-state index contributed by atoms with van der Waals surface area (Å²) in [6.07, 6.45) is 5.27. The fraction of sp³-hybridized carbons (Fsp3) is 0.720. The van der Waals surface area contributed by atoms with Crippen molar-refractivity contribution in [2.45, 2.75) is 70.2 Å². The van der Waals surface area contributed by atoms with E-state index < -0.39 is 29.1 Å². The molecule has 184 valence electrons. The number of amides is 3. The molecule has 3 heterocycles. The van der Waals surface area contributed by atoms with Gasteiger partial charge in [-0.1, -0.05) is 19.1 Å². The van der Waals surface area contributed by atoms with Gasteiger partial charge in [0.25, 0.3) is 0 Å². The summed E-state index contributed by atoms with van der Waals surface area (Å²) < 4.78 is 6.61. The maximum Gasteiger partial charge on any atom is 0.248 e. The topological polar surface area (TPSA) is 90.4 Å². The molecule has 0 saturated carbocycles. The van der Waals surface area contributed by atoms with Crippen LogP contribution in [-0.4, -0.2) is 93.6 Å². The summed E-state index contributed by atoms with van der Waals surface area (Å²) in [6, 6.07) is -0.973. The first-order valence-corrected chi connectivity index (χ1v) is 12.1. The normalized spacial score (nSPS) is 32.2. The number of aliphatic hydroxyl groups excluding tert-OH is 1. The zero-order chi connectivity index (χ0) is 24.6. The molecule has 3 saturated heterocycles. The van der Waals surface area contributed by atoms with Crippen LogP contribution < -0.4 is 0 Å². The maximum atomic E-state index is 13.9. The van der Waals surface area contributed by atoms with Gasteiger partial charge in [-0.2, -0.15) is 0 Å². The predicted octanol–water partition coefficient (Wildman–Crippen LogP) is 1.59. The molecule has 3 aliphatic rings. The molecule has 2 bridgehead atoms. The van der Waals surface area contributed by atoms with E-state index in [-0.39, 0.29) is 36.9 Å². The number of nitrogens with zero attached hydrogens (tertiary/aromatic N) is 3. The Balaban J connectivity index is 2.07. The molecule has 1 spiro atoms. The minimum atomic E-state index is -1.07. The van der Waals surface area contributed by atoms with Gasteiger partial charge in [0.05, 0.1) is 24.0 Å². The molecule has 2 unspecified atom stereocenters. The molecule has 0 radical (unpaired) electrons.